The molecule has 2 aromatic rings. The van der Waals surface area contributed by atoms with Crippen LogP contribution in [0.15, 0.2) is 29.4 Å². The summed E-state index contributed by atoms with van der Waals surface area (Å²) in [6.45, 7) is 2.22. The number of nitrogens with one attached hydrogen (secondary N) is 1. The third kappa shape index (κ3) is 2.67. The van der Waals surface area contributed by atoms with Crippen LogP contribution in [0.1, 0.15) is 0 Å². The highest BCUT2D eigenvalue weighted by Crippen LogP contribution is 2.27. The Labute approximate surface area is 127 Å². The van der Waals surface area contributed by atoms with Crippen molar-refractivity contribution in [1.82, 2.24) is 29.8 Å². The van der Waals surface area contributed by atoms with Gasteiger partial charge < -0.3 is 10.1 Å². The smallest absolute Gasteiger partial charge is 0.243 e. The standard InChI is InChI=1S/C12H16N6O3S/c1-21-12-8-10(2-3-11(12)18-9-14-15-16-18)22(19,20)17-6-4-13-5-7-17/h2-3,8-9,13H,4-7H2,1H3. The molecule has 0 bridgehead atoms. The Balaban J connectivity index is 1.98. The van der Waals surface area contributed by atoms with E-state index in [2.05, 4.69) is 20.8 Å². The number of nitrogens with zero attached hydrogens (tertiary/aromatic N) is 5. The monoisotopic (exact) mass is 324 g/mol. The van der Waals surface area contributed by atoms with Gasteiger partial charge in [-0.1, -0.05) is 0 Å². The van der Waals surface area contributed by atoms with Crippen LogP contribution in [0.5, 0.6) is 5.75 Å². The molecule has 9 nitrogen and oxygen atoms in total. The van der Waals surface area contributed by atoms with Crippen LogP contribution in [0.3, 0.4) is 0 Å². The molecule has 0 amide bonds. The molecule has 0 unspecified atom stereocenters. The first-order chi connectivity index (χ1) is 10.6. The lowest BCUT2D eigenvalue weighted by Crippen LogP contribution is -2.46. The lowest BCUT2D eigenvalue weighted by atomic mass is 10.3. The van der Waals surface area contributed by atoms with Crippen LogP contribution in [0.25, 0.3) is 5.69 Å². The van der Waals surface area contributed by atoms with E-state index < -0.39 is 10.0 Å². The topological polar surface area (TPSA) is 102 Å². The number of sulfonamides is 1. The van der Waals surface area contributed by atoms with Crippen molar-refractivity contribution in [2.75, 3.05) is 33.3 Å². The van der Waals surface area contributed by atoms with Crippen molar-refractivity contribution in [1.29, 1.82) is 0 Å². The van der Waals surface area contributed by atoms with Gasteiger partial charge in [-0.15, -0.1) is 5.10 Å². The van der Waals surface area contributed by atoms with Crippen LogP contribution in [-0.4, -0.2) is 66.2 Å². The molecule has 1 aromatic carbocycles. The Bertz CT molecular complexity index is 740. The number of rotatable bonds is 4. The Morgan fingerprint density at radius 1 is 1.27 bits per heavy atom. The fourth-order valence-electron chi connectivity index (χ4n) is 2.31. The van der Waals surface area contributed by atoms with Gasteiger partial charge in [-0.05, 0) is 22.6 Å². The molecular weight excluding hydrogens is 308 g/mol. The number of methoxy groups -OCH3 is 1. The van der Waals surface area contributed by atoms with Gasteiger partial charge >= 0.3 is 0 Å². The molecule has 22 heavy (non-hydrogen) atoms. The van der Waals surface area contributed by atoms with Crippen molar-refractivity contribution in [3.63, 3.8) is 0 Å². The summed E-state index contributed by atoms with van der Waals surface area (Å²) in [5.74, 6) is 0.392. The molecule has 0 atom stereocenters. The number of hydrogen-bond acceptors (Lipinski definition) is 7. The third-order valence-corrected chi connectivity index (χ3v) is 5.36. The molecule has 1 aromatic heterocycles. The summed E-state index contributed by atoms with van der Waals surface area (Å²) < 4.78 is 33.5. The second kappa shape index (κ2) is 5.99. The van der Waals surface area contributed by atoms with E-state index in [1.165, 1.54) is 34.6 Å². The van der Waals surface area contributed by atoms with E-state index in [9.17, 15) is 8.42 Å². The van der Waals surface area contributed by atoms with Crippen LogP contribution in [0.2, 0.25) is 0 Å². The second-order valence-electron chi connectivity index (χ2n) is 4.74. The average molecular weight is 324 g/mol. The third-order valence-electron chi connectivity index (χ3n) is 3.46. The molecular formula is C12H16N6O3S. The van der Waals surface area contributed by atoms with Gasteiger partial charge in [0.05, 0.1) is 12.0 Å². The minimum Gasteiger partial charge on any atom is -0.494 e. The first-order valence-electron chi connectivity index (χ1n) is 6.75. The summed E-state index contributed by atoms with van der Waals surface area (Å²) in [6, 6.07) is 4.66. The number of piperazine rings is 1. The van der Waals surface area contributed by atoms with Crippen LogP contribution < -0.4 is 10.1 Å². The Morgan fingerprint density at radius 3 is 2.68 bits per heavy atom. The number of hydrogen-bond donors (Lipinski definition) is 1. The predicted octanol–water partition coefficient (Wildman–Crippen LogP) is -0.735. The zero-order chi connectivity index (χ0) is 15.6. The van der Waals surface area contributed by atoms with E-state index in [0.717, 1.165) is 0 Å². The maximum absolute atomic E-state index is 12.6. The molecule has 3 rings (SSSR count). The second-order valence-corrected chi connectivity index (χ2v) is 6.68. The highest BCUT2D eigenvalue weighted by atomic mass is 32.2. The molecule has 1 aliphatic heterocycles. The largest absolute Gasteiger partial charge is 0.494 e. The number of benzene rings is 1. The molecule has 0 radical (unpaired) electrons. The van der Waals surface area contributed by atoms with E-state index >= 15 is 0 Å². The summed E-state index contributed by atoms with van der Waals surface area (Å²) in [6.07, 6.45) is 1.42. The van der Waals surface area contributed by atoms with E-state index in [-0.39, 0.29) is 4.90 Å². The lowest BCUT2D eigenvalue weighted by molar-refractivity contribution is 0.359. The first kappa shape index (κ1) is 14.9. The molecule has 2 heterocycles. The van der Waals surface area contributed by atoms with E-state index in [1.807, 2.05) is 0 Å². The molecule has 1 aliphatic rings. The average Bonchev–Trinajstić information content (AvgIpc) is 3.09. The van der Waals surface area contributed by atoms with Crippen LogP contribution >= 0.6 is 0 Å². The summed E-state index contributed by atoms with van der Waals surface area (Å²) in [4.78, 5) is 0.197. The molecule has 10 heteroatoms. The van der Waals surface area contributed by atoms with E-state index in [1.54, 1.807) is 6.07 Å². The SMILES string of the molecule is COc1cc(S(=O)(=O)N2CCNCC2)ccc1-n1cnnn1. The fraction of sp³-hybridized carbons (Fsp3) is 0.417. The molecule has 0 aliphatic carbocycles. The zero-order valence-electron chi connectivity index (χ0n) is 12.0. The molecule has 118 valence electrons. The van der Waals surface area contributed by atoms with Gasteiger partial charge in [0, 0.05) is 32.2 Å². The molecule has 0 saturated carbocycles. The zero-order valence-corrected chi connectivity index (χ0v) is 12.8. The number of aromatic nitrogens is 4. The van der Waals surface area contributed by atoms with Crippen molar-refractivity contribution in [2.45, 2.75) is 4.90 Å². The van der Waals surface area contributed by atoms with Gasteiger partial charge in [0.15, 0.2) is 0 Å². The molecule has 0 spiro atoms. The molecule has 1 N–H and O–H groups in total. The van der Waals surface area contributed by atoms with Crippen molar-refractivity contribution in [3.8, 4) is 11.4 Å². The van der Waals surface area contributed by atoms with Gasteiger partial charge in [-0.25, -0.2) is 8.42 Å². The fourth-order valence-corrected chi connectivity index (χ4v) is 3.77. The highest BCUT2D eigenvalue weighted by molar-refractivity contribution is 7.89. The minimum absolute atomic E-state index is 0.197. The van der Waals surface area contributed by atoms with Crippen molar-refractivity contribution in [2.24, 2.45) is 0 Å². The minimum atomic E-state index is -3.53. The Hall–Kier alpha value is -2.04. The maximum Gasteiger partial charge on any atom is 0.243 e. The maximum atomic E-state index is 12.6. The summed E-state index contributed by atoms with van der Waals surface area (Å²) >= 11 is 0. The summed E-state index contributed by atoms with van der Waals surface area (Å²) in [5, 5.41) is 14.0. The number of ether oxygens (including phenoxy) is 1. The number of tetrazole rings is 1. The molecule has 1 saturated heterocycles. The summed E-state index contributed by atoms with van der Waals surface area (Å²) in [7, 11) is -2.05. The van der Waals surface area contributed by atoms with Gasteiger partial charge in [-0.2, -0.15) is 8.99 Å². The van der Waals surface area contributed by atoms with Crippen molar-refractivity contribution >= 4 is 10.0 Å². The van der Waals surface area contributed by atoms with E-state index in [4.69, 9.17) is 4.74 Å². The van der Waals surface area contributed by atoms with Gasteiger partial charge in [0.1, 0.15) is 17.8 Å². The van der Waals surface area contributed by atoms with Gasteiger partial charge in [-0.3, -0.25) is 0 Å². The van der Waals surface area contributed by atoms with Gasteiger partial charge in [0.2, 0.25) is 10.0 Å². The lowest BCUT2D eigenvalue weighted by Gasteiger charge is -2.26. The normalized spacial score (nSPS) is 16.6. The van der Waals surface area contributed by atoms with Gasteiger partial charge in [0.25, 0.3) is 0 Å². The van der Waals surface area contributed by atoms with Crippen LogP contribution in [-0.2, 0) is 10.0 Å². The predicted molar refractivity (Wildman–Crippen MR) is 77.3 cm³/mol. The van der Waals surface area contributed by atoms with Crippen molar-refractivity contribution in [3.05, 3.63) is 24.5 Å². The molecule has 1 fully saturated rings. The Kier molecular flexibility index (Phi) is 4.05. The first-order valence-corrected chi connectivity index (χ1v) is 8.19. The van der Waals surface area contributed by atoms with Crippen LogP contribution in [0, 0.1) is 0 Å². The van der Waals surface area contributed by atoms with E-state index in [0.29, 0.717) is 37.6 Å². The van der Waals surface area contributed by atoms with Crippen LogP contribution in [0.4, 0.5) is 0 Å². The quantitative estimate of drug-likeness (QED) is 0.790. The summed E-state index contributed by atoms with van der Waals surface area (Å²) in [5.41, 5.74) is 0.576. The highest BCUT2D eigenvalue weighted by Gasteiger charge is 2.26. The van der Waals surface area contributed by atoms with Crippen molar-refractivity contribution < 1.29 is 13.2 Å². The Morgan fingerprint density at radius 2 is 2.05 bits per heavy atom.